The van der Waals surface area contributed by atoms with Crippen LogP contribution in [0.3, 0.4) is 0 Å². The van der Waals surface area contributed by atoms with E-state index < -0.39 is 17.5 Å². The molecule has 128 valence electrons. The third-order valence-corrected chi connectivity index (χ3v) is 3.21. The lowest BCUT2D eigenvalue weighted by molar-refractivity contribution is -0.153. The van der Waals surface area contributed by atoms with Crippen LogP contribution < -0.4 is 5.32 Å². The van der Waals surface area contributed by atoms with Gasteiger partial charge in [0.1, 0.15) is 5.60 Å². The average molecular weight is 324 g/mol. The van der Waals surface area contributed by atoms with E-state index >= 15 is 0 Å². The number of terminal acetylenes is 1. The van der Waals surface area contributed by atoms with E-state index in [1.807, 2.05) is 0 Å². The van der Waals surface area contributed by atoms with Crippen molar-refractivity contribution in [3.05, 3.63) is 0 Å². The first-order chi connectivity index (χ1) is 10.7. The molecule has 23 heavy (non-hydrogen) atoms. The lowest BCUT2D eigenvalue weighted by Crippen LogP contribution is -2.43. The van der Waals surface area contributed by atoms with Gasteiger partial charge in [-0.3, -0.25) is 9.59 Å². The van der Waals surface area contributed by atoms with E-state index in [1.165, 1.54) is 0 Å². The van der Waals surface area contributed by atoms with Gasteiger partial charge in [0.15, 0.2) is 6.61 Å². The maximum atomic E-state index is 11.9. The van der Waals surface area contributed by atoms with Gasteiger partial charge in [0, 0.05) is 13.1 Å². The Morgan fingerprint density at radius 2 is 1.87 bits per heavy atom. The third-order valence-electron chi connectivity index (χ3n) is 3.21. The number of hydrogen-bond acceptors (Lipinski definition) is 5. The highest BCUT2D eigenvalue weighted by atomic mass is 16.6. The molecule has 1 N–H and O–H groups in total. The van der Waals surface area contributed by atoms with E-state index in [2.05, 4.69) is 11.2 Å². The van der Waals surface area contributed by atoms with Crippen LogP contribution in [0.25, 0.3) is 0 Å². The first-order valence-corrected chi connectivity index (χ1v) is 7.57. The predicted molar refractivity (Wildman–Crippen MR) is 83.3 cm³/mol. The van der Waals surface area contributed by atoms with Gasteiger partial charge >= 0.3 is 12.1 Å². The van der Waals surface area contributed by atoms with Crippen molar-refractivity contribution in [3.8, 4) is 12.3 Å². The summed E-state index contributed by atoms with van der Waals surface area (Å²) in [5.41, 5.74) is -0.543. The second kappa shape index (κ2) is 8.42. The number of nitrogens with one attached hydrogen (secondary N) is 1. The highest BCUT2D eigenvalue weighted by Gasteiger charge is 2.30. The second-order valence-electron chi connectivity index (χ2n) is 6.33. The topological polar surface area (TPSA) is 84.9 Å². The number of rotatable bonds is 4. The van der Waals surface area contributed by atoms with Gasteiger partial charge in [0.2, 0.25) is 0 Å². The number of hydrogen-bond donors (Lipinski definition) is 1. The summed E-state index contributed by atoms with van der Waals surface area (Å²) >= 11 is 0. The standard InChI is InChI=1S/C16H24N2O5/c1-5-8-17-13(19)11-22-14(20)12-6-9-18(10-7-12)15(21)23-16(2,3)4/h1,12H,6-11H2,2-4H3,(H,17,19). The predicted octanol–water partition coefficient (Wildman–Crippen LogP) is 0.926. The van der Waals surface area contributed by atoms with Gasteiger partial charge in [-0.25, -0.2) is 4.79 Å². The minimum Gasteiger partial charge on any atom is -0.455 e. The van der Waals surface area contributed by atoms with Crippen molar-refractivity contribution in [2.45, 2.75) is 39.2 Å². The van der Waals surface area contributed by atoms with Gasteiger partial charge in [-0.1, -0.05) is 5.92 Å². The van der Waals surface area contributed by atoms with Crippen LogP contribution in [-0.4, -0.2) is 54.7 Å². The molecule has 1 rings (SSSR count). The Bertz CT molecular complexity index is 482. The number of ether oxygens (including phenoxy) is 2. The molecule has 0 saturated carbocycles. The van der Waals surface area contributed by atoms with Crippen molar-refractivity contribution in [1.82, 2.24) is 10.2 Å². The minimum absolute atomic E-state index is 0.102. The number of esters is 1. The molecule has 0 bridgehead atoms. The maximum Gasteiger partial charge on any atom is 0.410 e. The Labute approximate surface area is 136 Å². The molecule has 7 heteroatoms. The van der Waals surface area contributed by atoms with E-state index in [0.717, 1.165) is 0 Å². The molecule has 1 fully saturated rings. The van der Waals surface area contributed by atoms with Crippen LogP contribution in [0.1, 0.15) is 33.6 Å². The van der Waals surface area contributed by atoms with E-state index in [1.54, 1.807) is 25.7 Å². The molecule has 0 aromatic heterocycles. The Kier molecular flexibility index (Phi) is 6.89. The van der Waals surface area contributed by atoms with Crippen LogP contribution in [0.2, 0.25) is 0 Å². The number of nitrogens with zero attached hydrogens (tertiary/aromatic N) is 1. The molecule has 1 heterocycles. The maximum absolute atomic E-state index is 11.9. The monoisotopic (exact) mass is 324 g/mol. The summed E-state index contributed by atoms with van der Waals surface area (Å²) in [5, 5.41) is 2.41. The Hall–Kier alpha value is -2.23. The summed E-state index contributed by atoms with van der Waals surface area (Å²) in [6.45, 7) is 6.04. The summed E-state index contributed by atoms with van der Waals surface area (Å²) in [4.78, 5) is 36.7. The Morgan fingerprint density at radius 1 is 1.26 bits per heavy atom. The van der Waals surface area contributed by atoms with E-state index in [0.29, 0.717) is 25.9 Å². The van der Waals surface area contributed by atoms with Gasteiger partial charge in [0.25, 0.3) is 5.91 Å². The summed E-state index contributed by atoms with van der Waals surface area (Å²) in [7, 11) is 0. The summed E-state index contributed by atoms with van der Waals surface area (Å²) in [6.07, 6.45) is 5.61. The highest BCUT2D eigenvalue weighted by molar-refractivity contribution is 5.81. The molecule has 1 aliphatic rings. The van der Waals surface area contributed by atoms with E-state index in [4.69, 9.17) is 15.9 Å². The zero-order valence-electron chi connectivity index (χ0n) is 13.9. The van der Waals surface area contributed by atoms with Crippen LogP contribution in [0, 0.1) is 18.3 Å². The number of amides is 2. The number of piperidine rings is 1. The molecule has 0 aliphatic carbocycles. The highest BCUT2D eigenvalue weighted by Crippen LogP contribution is 2.20. The first kappa shape index (κ1) is 18.8. The molecule has 2 amide bonds. The molecule has 1 saturated heterocycles. The van der Waals surface area contributed by atoms with Crippen molar-refractivity contribution >= 4 is 18.0 Å². The summed E-state index contributed by atoms with van der Waals surface area (Å²) < 4.78 is 10.3. The van der Waals surface area contributed by atoms with Crippen LogP contribution in [0.15, 0.2) is 0 Å². The molecule has 0 aromatic rings. The van der Waals surface area contributed by atoms with E-state index in [9.17, 15) is 14.4 Å². The zero-order chi connectivity index (χ0) is 17.5. The molecular formula is C16H24N2O5. The summed E-state index contributed by atoms with van der Waals surface area (Å²) in [6, 6.07) is 0. The van der Waals surface area contributed by atoms with Crippen LogP contribution >= 0.6 is 0 Å². The number of carbonyl (C=O) groups is 3. The van der Waals surface area contributed by atoms with Crippen molar-refractivity contribution < 1.29 is 23.9 Å². The normalized spacial score (nSPS) is 15.5. The minimum atomic E-state index is -0.543. The second-order valence-corrected chi connectivity index (χ2v) is 6.33. The van der Waals surface area contributed by atoms with Crippen LogP contribution in [0.5, 0.6) is 0 Å². The largest absolute Gasteiger partial charge is 0.455 e. The number of likely N-dealkylation sites (tertiary alicyclic amines) is 1. The van der Waals surface area contributed by atoms with Gasteiger partial charge in [-0.05, 0) is 33.6 Å². The van der Waals surface area contributed by atoms with Gasteiger partial charge in [0.05, 0.1) is 12.5 Å². The van der Waals surface area contributed by atoms with Crippen molar-refractivity contribution in [2.75, 3.05) is 26.2 Å². The molecule has 0 unspecified atom stereocenters. The molecule has 0 spiro atoms. The van der Waals surface area contributed by atoms with Crippen LogP contribution in [0.4, 0.5) is 4.79 Å². The smallest absolute Gasteiger partial charge is 0.410 e. The third kappa shape index (κ3) is 7.04. The van der Waals surface area contributed by atoms with Gasteiger partial charge in [-0.15, -0.1) is 6.42 Å². The fraction of sp³-hybridized carbons (Fsp3) is 0.688. The molecule has 1 aliphatic heterocycles. The van der Waals surface area contributed by atoms with Crippen molar-refractivity contribution in [2.24, 2.45) is 5.92 Å². The number of carbonyl (C=O) groups excluding carboxylic acids is 3. The average Bonchev–Trinajstić information content (AvgIpc) is 2.49. The fourth-order valence-electron chi connectivity index (χ4n) is 2.08. The Morgan fingerprint density at radius 3 is 2.39 bits per heavy atom. The van der Waals surface area contributed by atoms with Crippen LogP contribution in [-0.2, 0) is 19.1 Å². The van der Waals surface area contributed by atoms with Gasteiger partial charge < -0.3 is 19.7 Å². The van der Waals surface area contributed by atoms with Gasteiger partial charge in [-0.2, -0.15) is 0 Å². The Balaban J connectivity index is 2.32. The van der Waals surface area contributed by atoms with Crippen molar-refractivity contribution in [1.29, 1.82) is 0 Å². The molecule has 0 atom stereocenters. The lowest BCUT2D eigenvalue weighted by Gasteiger charge is -2.32. The molecule has 0 aromatic carbocycles. The quantitative estimate of drug-likeness (QED) is 0.614. The summed E-state index contributed by atoms with van der Waals surface area (Å²) in [5.74, 6) is 1.09. The molecular weight excluding hydrogens is 300 g/mol. The molecule has 7 nitrogen and oxygen atoms in total. The van der Waals surface area contributed by atoms with Crippen molar-refractivity contribution in [3.63, 3.8) is 0 Å². The molecule has 0 radical (unpaired) electrons. The first-order valence-electron chi connectivity index (χ1n) is 7.57. The SMILES string of the molecule is C#CCNC(=O)COC(=O)C1CCN(C(=O)OC(C)(C)C)CC1. The lowest BCUT2D eigenvalue weighted by atomic mass is 9.97. The zero-order valence-corrected chi connectivity index (χ0v) is 13.9. The fourth-order valence-corrected chi connectivity index (χ4v) is 2.08. The van der Waals surface area contributed by atoms with E-state index in [-0.39, 0.29) is 25.2 Å².